The van der Waals surface area contributed by atoms with E-state index in [-0.39, 0.29) is 37.0 Å². The summed E-state index contributed by atoms with van der Waals surface area (Å²) in [5.74, 6) is -0.578. The van der Waals surface area contributed by atoms with Crippen molar-refractivity contribution in [2.24, 2.45) is 4.99 Å². The summed E-state index contributed by atoms with van der Waals surface area (Å²) >= 11 is 0. The van der Waals surface area contributed by atoms with Crippen molar-refractivity contribution in [1.29, 1.82) is 0 Å². The summed E-state index contributed by atoms with van der Waals surface area (Å²) in [5.41, 5.74) is -0.706. The maximum absolute atomic E-state index is 12.4. The van der Waals surface area contributed by atoms with Gasteiger partial charge in [-0.1, -0.05) is 56.0 Å². The number of alkyl carbamates (subject to hydrolysis) is 3. The Morgan fingerprint density at radius 3 is 1.76 bits per heavy atom. The van der Waals surface area contributed by atoms with Gasteiger partial charge in [-0.25, -0.2) is 24.7 Å². The third-order valence-electron chi connectivity index (χ3n) is 8.03. The first-order valence-electron chi connectivity index (χ1n) is 21.0. The summed E-state index contributed by atoms with van der Waals surface area (Å²) in [6.07, 6.45) is 5.78. The maximum Gasteiger partial charge on any atom is 0.415 e. The molecule has 0 saturated heterocycles. The van der Waals surface area contributed by atoms with Crippen LogP contribution in [0.3, 0.4) is 0 Å². The van der Waals surface area contributed by atoms with E-state index in [9.17, 15) is 24.0 Å². The molecule has 0 bridgehead atoms. The number of rotatable bonds is 24. The highest BCUT2D eigenvalue weighted by Crippen LogP contribution is 2.11. The maximum atomic E-state index is 12.4. The van der Waals surface area contributed by atoms with Crippen molar-refractivity contribution in [2.75, 3.05) is 39.5 Å². The van der Waals surface area contributed by atoms with Gasteiger partial charge in [0.2, 0.25) is 11.8 Å². The second kappa shape index (κ2) is 28.0. The van der Waals surface area contributed by atoms with Crippen molar-refractivity contribution in [1.82, 2.24) is 31.5 Å². The molecule has 0 fully saturated rings. The average molecular weight is 834 g/mol. The Morgan fingerprint density at radius 1 is 0.644 bits per heavy atom. The number of unbranched alkanes of at least 4 members (excludes halogenated alkanes) is 6. The Hall–Kier alpha value is -4.60. The van der Waals surface area contributed by atoms with E-state index in [2.05, 4.69) is 48.6 Å². The molecule has 0 aromatic heterocycles. The second-order valence-electron chi connectivity index (χ2n) is 17.6. The Kier molecular flexibility index (Phi) is 24.9. The van der Waals surface area contributed by atoms with E-state index >= 15 is 0 Å². The van der Waals surface area contributed by atoms with E-state index in [1.165, 1.54) is 5.56 Å². The fourth-order valence-corrected chi connectivity index (χ4v) is 5.37. The van der Waals surface area contributed by atoms with Crippen LogP contribution in [-0.4, -0.2) is 103 Å². The summed E-state index contributed by atoms with van der Waals surface area (Å²) in [7, 11) is 0. The van der Waals surface area contributed by atoms with Crippen LogP contribution in [0, 0.1) is 0 Å². The predicted molar refractivity (Wildman–Crippen MR) is 230 cm³/mol. The van der Waals surface area contributed by atoms with Gasteiger partial charge in [0.15, 0.2) is 6.73 Å². The number of amidine groups is 1. The summed E-state index contributed by atoms with van der Waals surface area (Å²) in [6.45, 7) is 21.5. The topological polar surface area (TPSA) is 198 Å². The number of nitrogens with zero attached hydrogens (tertiary/aromatic N) is 2. The minimum Gasteiger partial charge on any atom is -0.444 e. The van der Waals surface area contributed by atoms with E-state index in [0.29, 0.717) is 19.6 Å². The zero-order valence-electron chi connectivity index (χ0n) is 37.6. The van der Waals surface area contributed by atoms with Gasteiger partial charge in [-0.2, -0.15) is 0 Å². The molecule has 0 spiro atoms. The molecule has 1 unspecified atom stereocenters. The zero-order chi connectivity index (χ0) is 44.3. The molecular weight excluding hydrogens is 759 g/mol. The molecule has 16 nitrogen and oxygen atoms in total. The molecule has 0 aliphatic heterocycles. The summed E-state index contributed by atoms with van der Waals surface area (Å²) in [5, 5.41) is 13.6. The highest BCUT2D eigenvalue weighted by molar-refractivity contribution is 5.96. The molecule has 0 aliphatic carbocycles. The monoisotopic (exact) mass is 834 g/mol. The Labute approximate surface area is 353 Å². The number of hydrogen-bond acceptors (Lipinski definition) is 11. The lowest BCUT2D eigenvalue weighted by Gasteiger charge is -2.25. The normalized spacial score (nSPS) is 12.6. The first-order valence-corrected chi connectivity index (χ1v) is 21.0. The van der Waals surface area contributed by atoms with Gasteiger partial charge >= 0.3 is 18.3 Å². The van der Waals surface area contributed by atoms with Crippen molar-refractivity contribution >= 4 is 36.1 Å². The third-order valence-corrected chi connectivity index (χ3v) is 8.03. The van der Waals surface area contributed by atoms with Crippen molar-refractivity contribution in [3.8, 4) is 0 Å². The van der Waals surface area contributed by atoms with Crippen LogP contribution >= 0.6 is 0 Å². The quantitative estimate of drug-likeness (QED) is 0.0182. The lowest BCUT2D eigenvalue weighted by molar-refractivity contribution is -0.129. The molecule has 1 atom stereocenters. The average Bonchev–Trinajstić information content (AvgIpc) is 3.08. The SMILES string of the molecule is CC(CCN(CCCCNC(=O)CC(=O)NCCCCCCCCN=C(NC(=O)OC(C)(C)C)OCNC(=O)OC(C)(C)C)Cc1ccccc1)NC(=O)OC(C)(C)C. The Balaban J connectivity index is 2.29. The van der Waals surface area contributed by atoms with Gasteiger partial charge in [-0.05, 0) is 113 Å². The third kappa shape index (κ3) is 32.0. The minimum absolute atomic E-state index is 0.0475. The zero-order valence-corrected chi connectivity index (χ0v) is 37.6. The van der Waals surface area contributed by atoms with E-state index < -0.39 is 35.1 Å². The smallest absolute Gasteiger partial charge is 0.415 e. The molecule has 0 saturated carbocycles. The lowest BCUT2D eigenvalue weighted by Crippen LogP contribution is -2.40. The van der Waals surface area contributed by atoms with Gasteiger partial charge < -0.3 is 34.9 Å². The van der Waals surface area contributed by atoms with Gasteiger partial charge in [0.25, 0.3) is 6.02 Å². The fourth-order valence-electron chi connectivity index (χ4n) is 5.37. The number of amides is 5. The standard InChI is InChI=1S/C43H75N7O9/c1-33(48-39(54)58-42(5,6)7)24-29-50(31-34-22-16-15-17-23-34)28-21-20-26-45-36(52)30-35(51)44-25-18-13-11-12-14-19-27-46-37(49-40(55)59-43(8,9)10)56-32-47-38(53)57-41(2,3)4/h15-17,22-23,33H,11-14,18-21,24-32H2,1-10H3,(H,44,51)(H,45,52)(H,47,53)(H,48,54)(H,46,49,55). The summed E-state index contributed by atoms with van der Waals surface area (Å²) in [6, 6.07) is 10.1. The van der Waals surface area contributed by atoms with Crippen LogP contribution in [-0.2, 0) is 35.1 Å². The number of carbonyl (C=O) groups excluding carboxylic acids is 5. The number of nitrogens with one attached hydrogen (secondary N) is 5. The minimum atomic E-state index is -0.718. The van der Waals surface area contributed by atoms with Gasteiger partial charge in [0, 0.05) is 38.8 Å². The Morgan fingerprint density at radius 2 is 1.17 bits per heavy atom. The molecule has 1 rings (SSSR count). The molecule has 1 aromatic carbocycles. The second-order valence-corrected chi connectivity index (χ2v) is 17.6. The number of hydrogen-bond donors (Lipinski definition) is 5. The van der Waals surface area contributed by atoms with Crippen LogP contribution in [0.25, 0.3) is 0 Å². The van der Waals surface area contributed by atoms with Crippen molar-refractivity contribution in [2.45, 2.75) is 163 Å². The summed E-state index contributed by atoms with van der Waals surface area (Å²) < 4.78 is 21.3. The van der Waals surface area contributed by atoms with Crippen LogP contribution in [0.5, 0.6) is 0 Å². The molecule has 0 aliphatic rings. The largest absolute Gasteiger partial charge is 0.444 e. The molecule has 16 heteroatoms. The molecule has 336 valence electrons. The first-order chi connectivity index (χ1) is 27.6. The van der Waals surface area contributed by atoms with Gasteiger partial charge in [-0.3, -0.25) is 19.8 Å². The highest BCUT2D eigenvalue weighted by atomic mass is 16.6. The summed E-state index contributed by atoms with van der Waals surface area (Å²) in [4.78, 5) is 67.7. The van der Waals surface area contributed by atoms with Gasteiger partial charge in [0.1, 0.15) is 23.2 Å². The van der Waals surface area contributed by atoms with Crippen molar-refractivity contribution in [3.63, 3.8) is 0 Å². The van der Waals surface area contributed by atoms with Crippen LogP contribution in [0.2, 0.25) is 0 Å². The molecule has 1 aromatic rings. The van der Waals surface area contributed by atoms with Gasteiger partial charge in [-0.15, -0.1) is 0 Å². The number of benzene rings is 1. The van der Waals surface area contributed by atoms with Gasteiger partial charge in [0.05, 0.1) is 0 Å². The highest BCUT2D eigenvalue weighted by Gasteiger charge is 2.20. The van der Waals surface area contributed by atoms with Crippen LogP contribution in [0.1, 0.15) is 139 Å². The van der Waals surface area contributed by atoms with E-state index in [1.807, 2.05) is 45.9 Å². The lowest BCUT2D eigenvalue weighted by atomic mass is 10.1. The molecule has 5 amide bonds. The van der Waals surface area contributed by atoms with E-state index in [1.54, 1.807) is 41.5 Å². The fraction of sp³-hybridized carbons (Fsp3) is 0.721. The van der Waals surface area contributed by atoms with Crippen LogP contribution < -0.4 is 26.6 Å². The van der Waals surface area contributed by atoms with Crippen LogP contribution in [0.4, 0.5) is 14.4 Å². The molecule has 0 radical (unpaired) electrons. The Bertz CT molecular complexity index is 1420. The number of carbonyl (C=O) groups is 5. The van der Waals surface area contributed by atoms with Crippen molar-refractivity contribution < 1.29 is 42.9 Å². The number of ether oxygens (including phenoxy) is 4. The predicted octanol–water partition coefficient (Wildman–Crippen LogP) is 6.91. The van der Waals surface area contributed by atoms with Crippen molar-refractivity contribution in [3.05, 3.63) is 35.9 Å². The molecular formula is C43H75N7O9. The van der Waals surface area contributed by atoms with E-state index in [4.69, 9.17) is 18.9 Å². The van der Waals surface area contributed by atoms with Crippen LogP contribution in [0.15, 0.2) is 35.3 Å². The molecule has 5 N–H and O–H groups in total. The molecule has 59 heavy (non-hydrogen) atoms. The first kappa shape index (κ1) is 52.4. The van der Waals surface area contributed by atoms with E-state index in [0.717, 1.165) is 77.4 Å². The molecule has 0 heterocycles. The number of aliphatic imine (C=N–C) groups is 1.